The second-order valence-electron chi connectivity index (χ2n) is 12.8. The number of nitrogens with one attached hydrogen (secondary N) is 2. The smallest absolute Gasteiger partial charge is 0.223 e. The Bertz CT molecular complexity index is 666. The number of amides is 2. The molecule has 2 amide bonds. The minimum Gasteiger partial charge on any atom is -0.392 e. The standard InChI is InChI=1S/C27H48N2O3/c1-17(25(32)28-19-10-8-7-9-11-19)20-12-14-27(6)15-13-21(18(2)23(27)24(20)31)29-22(30)16-26(3,4)5/h17-21,23-24,31H,7-16H2,1-6H3,(H,28,32)(H,29,30)/t17-,18+,20?,21-,23+,24-,27-/m0/s1. The predicted octanol–water partition coefficient (Wildman–Crippen LogP) is 4.82. The summed E-state index contributed by atoms with van der Waals surface area (Å²) >= 11 is 0. The van der Waals surface area contributed by atoms with Crippen LogP contribution in [0.1, 0.15) is 106 Å². The quantitative estimate of drug-likeness (QED) is 0.564. The molecule has 0 aromatic carbocycles. The Kier molecular flexibility index (Phi) is 8.00. The average molecular weight is 449 g/mol. The van der Waals surface area contributed by atoms with Crippen molar-refractivity contribution in [1.29, 1.82) is 0 Å². The van der Waals surface area contributed by atoms with E-state index in [4.69, 9.17) is 0 Å². The van der Waals surface area contributed by atoms with Gasteiger partial charge in [0.2, 0.25) is 11.8 Å². The molecule has 1 unspecified atom stereocenters. The Morgan fingerprint density at radius 2 is 1.66 bits per heavy atom. The molecule has 5 heteroatoms. The maximum absolute atomic E-state index is 13.0. The van der Waals surface area contributed by atoms with Crippen LogP contribution in [0.5, 0.6) is 0 Å². The van der Waals surface area contributed by atoms with E-state index in [1.54, 1.807) is 0 Å². The van der Waals surface area contributed by atoms with Gasteiger partial charge < -0.3 is 15.7 Å². The van der Waals surface area contributed by atoms with Gasteiger partial charge in [0.15, 0.2) is 0 Å². The van der Waals surface area contributed by atoms with Crippen LogP contribution in [0.3, 0.4) is 0 Å². The average Bonchev–Trinajstić information content (AvgIpc) is 2.69. The number of hydrogen-bond acceptors (Lipinski definition) is 3. The minimum absolute atomic E-state index is 0.0110. The maximum Gasteiger partial charge on any atom is 0.223 e. The fourth-order valence-electron chi connectivity index (χ4n) is 7.01. The van der Waals surface area contributed by atoms with Crippen molar-refractivity contribution in [2.24, 2.45) is 34.5 Å². The molecule has 3 aliphatic carbocycles. The summed E-state index contributed by atoms with van der Waals surface area (Å²) in [5, 5.41) is 18.1. The molecule has 5 nitrogen and oxygen atoms in total. The highest BCUT2D eigenvalue weighted by Crippen LogP contribution is 2.55. The molecule has 3 fully saturated rings. The van der Waals surface area contributed by atoms with Crippen molar-refractivity contribution in [1.82, 2.24) is 10.6 Å². The SMILES string of the molecule is C[C@H]1[C@@H]2[C@@H](O)C([C@H](C)C(=O)NC3CCCCC3)CC[C@@]2(C)CC[C@@H]1NC(=O)CC(C)(C)C. The van der Waals surface area contributed by atoms with Crippen LogP contribution in [-0.2, 0) is 9.59 Å². The van der Waals surface area contributed by atoms with Crippen LogP contribution < -0.4 is 10.6 Å². The van der Waals surface area contributed by atoms with Crippen LogP contribution in [0, 0.1) is 34.5 Å². The van der Waals surface area contributed by atoms with Gasteiger partial charge in [-0.3, -0.25) is 9.59 Å². The van der Waals surface area contributed by atoms with E-state index in [-0.39, 0.29) is 52.4 Å². The molecule has 0 radical (unpaired) electrons. The van der Waals surface area contributed by atoms with Crippen LogP contribution in [0.2, 0.25) is 0 Å². The van der Waals surface area contributed by atoms with Gasteiger partial charge in [-0.1, -0.05) is 60.8 Å². The highest BCUT2D eigenvalue weighted by Gasteiger charge is 2.54. The molecular formula is C27H48N2O3. The first-order chi connectivity index (χ1) is 14.9. The van der Waals surface area contributed by atoms with Gasteiger partial charge in [0.05, 0.1) is 6.10 Å². The lowest BCUT2D eigenvalue weighted by atomic mass is 9.51. The number of aliphatic hydroxyl groups is 1. The lowest BCUT2D eigenvalue weighted by molar-refractivity contribution is -0.144. The number of hydrogen-bond donors (Lipinski definition) is 3. The molecule has 3 saturated carbocycles. The van der Waals surface area contributed by atoms with Gasteiger partial charge in [0.1, 0.15) is 0 Å². The van der Waals surface area contributed by atoms with E-state index in [2.05, 4.69) is 45.3 Å². The molecule has 0 bridgehead atoms. The highest BCUT2D eigenvalue weighted by atomic mass is 16.3. The predicted molar refractivity (Wildman–Crippen MR) is 129 cm³/mol. The monoisotopic (exact) mass is 448 g/mol. The zero-order valence-electron chi connectivity index (χ0n) is 21.4. The summed E-state index contributed by atoms with van der Waals surface area (Å²) in [5.74, 6) is 0.342. The van der Waals surface area contributed by atoms with Crippen molar-refractivity contribution in [3.63, 3.8) is 0 Å². The second kappa shape index (κ2) is 10.0. The second-order valence-corrected chi connectivity index (χ2v) is 12.8. The molecule has 32 heavy (non-hydrogen) atoms. The Labute approximate surface area is 195 Å². The first kappa shape index (κ1) is 25.5. The first-order valence-electron chi connectivity index (χ1n) is 13.2. The van der Waals surface area contributed by atoms with E-state index in [1.807, 2.05) is 6.92 Å². The van der Waals surface area contributed by atoms with E-state index in [0.29, 0.717) is 12.5 Å². The fourth-order valence-corrected chi connectivity index (χ4v) is 7.01. The number of aliphatic hydroxyl groups excluding tert-OH is 1. The molecule has 0 aromatic heterocycles. The van der Waals surface area contributed by atoms with Crippen LogP contribution in [-0.4, -0.2) is 35.1 Å². The van der Waals surface area contributed by atoms with Crippen LogP contribution in [0.4, 0.5) is 0 Å². The van der Waals surface area contributed by atoms with Gasteiger partial charge in [-0.25, -0.2) is 0 Å². The molecule has 3 N–H and O–H groups in total. The molecule has 0 aromatic rings. The summed E-state index contributed by atoms with van der Waals surface area (Å²) in [5.41, 5.74) is 0.0488. The van der Waals surface area contributed by atoms with Gasteiger partial charge in [0.25, 0.3) is 0 Å². The van der Waals surface area contributed by atoms with Crippen molar-refractivity contribution >= 4 is 11.8 Å². The maximum atomic E-state index is 13.0. The Morgan fingerprint density at radius 1 is 1.03 bits per heavy atom. The molecule has 0 spiro atoms. The fraction of sp³-hybridized carbons (Fsp3) is 0.926. The van der Waals surface area contributed by atoms with E-state index in [0.717, 1.165) is 38.5 Å². The third-order valence-corrected chi connectivity index (χ3v) is 8.93. The molecule has 3 rings (SSSR count). The lowest BCUT2D eigenvalue weighted by Gasteiger charge is -2.56. The summed E-state index contributed by atoms with van der Waals surface area (Å²) in [6, 6.07) is 0.406. The number of fused-ring (bicyclic) bond motifs is 1. The van der Waals surface area contributed by atoms with Gasteiger partial charge in [-0.05, 0) is 67.1 Å². The molecule has 7 atom stereocenters. The van der Waals surface area contributed by atoms with E-state index in [9.17, 15) is 14.7 Å². The van der Waals surface area contributed by atoms with Crippen molar-refractivity contribution in [2.45, 2.75) is 124 Å². The lowest BCUT2D eigenvalue weighted by Crippen LogP contribution is -2.59. The zero-order chi connectivity index (χ0) is 23.7. The van der Waals surface area contributed by atoms with Crippen molar-refractivity contribution in [2.75, 3.05) is 0 Å². The Hall–Kier alpha value is -1.10. The van der Waals surface area contributed by atoms with Crippen LogP contribution in [0.15, 0.2) is 0 Å². The van der Waals surface area contributed by atoms with Crippen molar-refractivity contribution in [3.05, 3.63) is 0 Å². The highest BCUT2D eigenvalue weighted by molar-refractivity contribution is 5.79. The van der Waals surface area contributed by atoms with Crippen LogP contribution in [0.25, 0.3) is 0 Å². The van der Waals surface area contributed by atoms with Crippen molar-refractivity contribution < 1.29 is 14.7 Å². The molecule has 3 aliphatic rings. The molecule has 0 saturated heterocycles. The molecule has 0 aliphatic heterocycles. The summed E-state index contributed by atoms with van der Waals surface area (Å²) in [7, 11) is 0. The number of carbonyl (C=O) groups excluding carboxylic acids is 2. The summed E-state index contributed by atoms with van der Waals surface area (Å²) in [6.45, 7) is 12.8. The third kappa shape index (κ3) is 5.87. The molecule has 0 heterocycles. The molecule has 184 valence electrons. The minimum atomic E-state index is -0.502. The van der Waals surface area contributed by atoms with E-state index >= 15 is 0 Å². The molecular weight excluding hydrogens is 400 g/mol. The first-order valence-corrected chi connectivity index (χ1v) is 13.2. The van der Waals surface area contributed by atoms with Crippen LogP contribution >= 0.6 is 0 Å². The Balaban J connectivity index is 1.66. The van der Waals surface area contributed by atoms with E-state index < -0.39 is 6.10 Å². The number of rotatable bonds is 5. The van der Waals surface area contributed by atoms with Gasteiger partial charge in [-0.15, -0.1) is 0 Å². The summed E-state index contributed by atoms with van der Waals surface area (Å²) in [6.07, 6.45) is 9.80. The van der Waals surface area contributed by atoms with Crippen molar-refractivity contribution in [3.8, 4) is 0 Å². The zero-order valence-corrected chi connectivity index (χ0v) is 21.4. The third-order valence-electron chi connectivity index (χ3n) is 8.93. The van der Waals surface area contributed by atoms with Gasteiger partial charge >= 0.3 is 0 Å². The topological polar surface area (TPSA) is 78.4 Å². The number of carbonyl (C=O) groups is 2. The van der Waals surface area contributed by atoms with Gasteiger partial charge in [0, 0.05) is 24.4 Å². The van der Waals surface area contributed by atoms with Gasteiger partial charge in [-0.2, -0.15) is 0 Å². The largest absolute Gasteiger partial charge is 0.392 e. The normalized spacial score (nSPS) is 37.3. The van der Waals surface area contributed by atoms with E-state index in [1.165, 1.54) is 19.3 Å². The summed E-state index contributed by atoms with van der Waals surface area (Å²) in [4.78, 5) is 25.7. The summed E-state index contributed by atoms with van der Waals surface area (Å²) < 4.78 is 0. The Morgan fingerprint density at radius 3 is 2.28 bits per heavy atom.